The van der Waals surface area contributed by atoms with Crippen molar-refractivity contribution in [1.82, 2.24) is 9.97 Å². The van der Waals surface area contributed by atoms with Crippen molar-refractivity contribution in [2.45, 2.75) is 39.2 Å². The first kappa shape index (κ1) is 15.7. The van der Waals surface area contributed by atoms with Crippen LogP contribution in [0.25, 0.3) is 0 Å². The number of hydrogen-bond donors (Lipinski definition) is 1. The summed E-state index contributed by atoms with van der Waals surface area (Å²) in [4.78, 5) is 9.26. The molecular formula is C14H22BrN3O2. The molecule has 20 heavy (non-hydrogen) atoms. The summed E-state index contributed by atoms with van der Waals surface area (Å²) >= 11 is 3.61. The van der Waals surface area contributed by atoms with E-state index in [-0.39, 0.29) is 6.10 Å². The van der Waals surface area contributed by atoms with Crippen LogP contribution in [0.3, 0.4) is 0 Å². The van der Waals surface area contributed by atoms with Gasteiger partial charge in [-0.05, 0) is 28.3 Å². The molecule has 1 atom stereocenters. The minimum atomic E-state index is -0.170. The van der Waals surface area contributed by atoms with Crippen LogP contribution >= 0.6 is 15.9 Å². The fourth-order valence-electron chi connectivity index (χ4n) is 2.01. The normalized spacial score (nSPS) is 19.4. The highest BCUT2D eigenvalue weighted by molar-refractivity contribution is 9.10. The number of anilines is 1. The first-order chi connectivity index (χ1) is 9.63. The minimum absolute atomic E-state index is 0.170. The Labute approximate surface area is 128 Å². The smallest absolute Gasteiger partial charge is 0.162 e. The first-order valence-corrected chi connectivity index (χ1v) is 7.93. The van der Waals surface area contributed by atoms with E-state index in [1.54, 1.807) is 0 Å². The highest BCUT2D eigenvalue weighted by Crippen LogP contribution is 2.31. The SMILES string of the molecule is CCCNc1nc(C2COCCO2)nc(C(C)C)c1Br. The molecule has 0 saturated carbocycles. The predicted molar refractivity (Wildman–Crippen MR) is 82.1 cm³/mol. The molecule has 0 aromatic carbocycles. The first-order valence-electron chi connectivity index (χ1n) is 7.14. The van der Waals surface area contributed by atoms with Crippen LogP contribution < -0.4 is 5.32 Å². The fraction of sp³-hybridized carbons (Fsp3) is 0.714. The van der Waals surface area contributed by atoms with Crippen LogP contribution in [0.4, 0.5) is 5.82 Å². The Kier molecular flexibility index (Phi) is 5.74. The summed E-state index contributed by atoms with van der Waals surface area (Å²) in [7, 11) is 0. The lowest BCUT2D eigenvalue weighted by Gasteiger charge is -2.23. The molecule has 0 bridgehead atoms. The molecule has 1 aromatic rings. The standard InChI is InChI=1S/C14H22BrN3O2/c1-4-5-16-14-11(15)12(9(2)3)17-13(18-14)10-8-19-6-7-20-10/h9-10H,4-8H2,1-3H3,(H,16,17,18). The summed E-state index contributed by atoms with van der Waals surface area (Å²) in [6, 6.07) is 0. The van der Waals surface area contributed by atoms with Crippen molar-refractivity contribution in [3.05, 3.63) is 16.0 Å². The highest BCUT2D eigenvalue weighted by Gasteiger charge is 2.23. The van der Waals surface area contributed by atoms with Gasteiger partial charge in [0.1, 0.15) is 11.9 Å². The van der Waals surface area contributed by atoms with Crippen LogP contribution in [0.1, 0.15) is 50.7 Å². The Morgan fingerprint density at radius 1 is 1.35 bits per heavy atom. The van der Waals surface area contributed by atoms with Gasteiger partial charge in [0.25, 0.3) is 0 Å². The van der Waals surface area contributed by atoms with Crippen molar-refractivity contribution < 1.29 is 9.47 Å². The predicted octanol–water partition coefficient (Wildman–Crippen LogP) is 3.27. The van der Waals surface area contributed by atoms with Crippen molar-refractivity contribution in [1.29, 1.82) is 0 Å². The van der Waals surface area contributed by atoms with E-state index in [2.05, 4.69) is 52.0 Å². The molecule has 1 fully saturated rings. The molecule has 0 amide bonds. The lowest BCUT2D eigenvalue weighted by molar-refractivity contribution is -0.0935. The summed E-state index contributed by atoms with van der Waals surface area (Å²) < 4.78 is 12.1. The van der Waals surface area contributed by atoms with E-state index >= 15 is 0 Å². The second-order valence-corrected chi connectivity index (χ2v) is 5.94. The van der Waals surface area contributed by atoms with Crippen molar-refractivity contribution in [2.24, 2.45) is 0 Å². The number of aromatic nitrogens is 2. The molecule has 2 rings (SSSR count). The Bertz CT molecular complexity index is 448. The number of ether oxygens (including phenoxy) is 2. The molecule has 1 aliphatic rings. The van der Waals surface area contributed by atoms with Crippen LogP contribution in [0, 0.1) is 0 Å². The summed E-state index contributed by atoms with van der Waals surface area (Å²) in [6.45, 7) is 9.02. The molecular weight excluding hydrogens is 322 g/mol. The van der Waals surface area contributed by atoms with Crippen molar-refractivity contribution in [2.75, 3.05) is 31.7 Å². The Hall–Kier alpha value is -0.720. The molecule has 5 nitrogen and oxygen atoms in total. The molecule has 1 saturated heterocycles. The van der Waals surface area contributed by atoms with E-state index in [0.717, 1.165) is 29.0 Å². The van der Waals surface area contributed by atoms with Gasteiger partial charge in [-0.2, -0.15) is 0 Å². The third-order valence-electron chi connectivity index (χ3n) is 3.09. The number of rotatable bonds is 5. The lowest BCUT2D eigenvalue weighted by atomic mass is 10.1. The van der Waals surface area contributed by atoms with Crippen LogP contribution in [0.2, 0.25) is 0 Å². The average molecular weight is 344 g/mol. The molecule has 0 spiro atoms. The minimum Gasteiger partial charge on any atom is -0.376 e. The van der Waals surface area contributed by atoms with Gasteiger partial charge in [0.15, 0.2) is 5.82 Å². The molecule has 1 unspecified atom stereocenters. The fourth-order valence-corrected chi connectivity index (χ4v) is 2.78. The maximum absolute atomic E-state index is 5.70. The topological polar surface area (TPSA) is 56.3 Å². The molecule has 112 valence electrons. The van der Waals surface area contributed by atoms with Gasteiger partial charge in [0, 0.05) is 6.54 Å². The quantitative estimate of drug-likeness (QED) is 0.888. The van der Waals surface area contributed by atoms with E-state index in [1.807, 2.05) is 0 Å². The number of halogens is 1. The van der Waals surface area contributed by atoms with Crippen molar-refractivity contribution >= 4 is 21.7 Å². The van der Waals surface area contributed by atoms with Crippen molar-refractivity contribution in [3.8, 4) is 0 Å². The van der Waals surface area contributed by atoms with Crippen molar-refractivity contribution in [3.63, 3.8) is 0 Å². The van der Waals surface area contributed by atoms with E-state index in [0.29, 0.717) is 31.6 Å². The van der Waals surface area contributed by atoms with Gasteiger partial charge in [0.2, 0.25) is 0 Å². The maximum Gasteiger partial charge on any atom is 0.162 e. The van der Waals surface area contributed by atoms with E-state index < -0.39 is 0 Å². The maximum atomic E-state index is 5.70. The molecule has 1 N–H and O–H groups in total. The van der Waals surface area contributed by atoms with Gasteiger partial charge in [-0.3, -0.25) is 0 Å². The Morgan fingerprint density at radius 2 is 2.15 bits per heavy atom. The van der Waals surface area contributed by atoms with E-state index in [1.165, 1.54) is 0 Å². The van der Waals surface area contributed by atoms with Crippen LogP contribution in [0.15, 0.2) is 4.47 Å². The van der Waals surface area contributed by atoms with Gasteiger partial charge in [-0.1, -0.05) is 20.8 Å². The molecule has 0 aliphatic carbocycles. The largest absolute Gasteiger partial charge is 0.376 e. The summed E-state index contributed by atoms with van der Waals surface area (Å²) in [6.07, 6.45) is 0.878. The number of hydrogen-bond acceptors (Lipinski definition) is 5. The molecule has 2 heterocycles. The third kappa shape index (κ3) is 3.68. The second kappa shape index (κ2) is 7.33. The summed E-state index contributed by atoms with van der Waals surface area (Å²) in [5.74, 6) is 1.86. The summed E-state index contributed by atoms with van der Waals surface area (Å²) in [5, 5.41) is 3.34. The number of nitrogens with one attached hydrogen (secondary N) is 1. The zero-order valence-electron chi connectivity index (χ0n) is 12.3. The van der Waals surface area contributed by atoms with E-state index in [9.17, 15) is 0 Å². The van der Waals surface area contributed by atoms with Gasteiger partial charge in [-0.15, -0.1) is 0 Å². The monoisotopic (exact) mass is 343 g/mol. The van der Waals surface area contributed by atoms with Gasteiger partial charge in [0.05, 0.1) is 30.0 Å². The van der Waals surface area contributed by atoms with Gasteiger partial charge < -0.3 is 14.8 Å². The molecule has 6 heteroatoms. The van der Waals surface area contributed by atoms with Crippen LogP contribution in [-0.4, -0.2) is 36.3 Å². The molecule has 0 radical (unpaired) electrons. The second-order valence-electron chi connectivity index (χ2n) is 5.15. The number of nitrogens with zero attached hydrogens (tertiary/aromatic N) is 2. The average Bonchev–Trinajstić information content (AvgIpc) is 2.46. The van der Waals surface area contributed by atoms with Gasteiger partial charge >= 0.3 is 0 Å². The molecule has 1 aliphatic heterocycles. The Morgan fingerprint density at radius 3 is 2.75 bits per heavy atom. The Balaban J connectivity index is 2.32. The zero-order valence-corrected chi connectivity index (χ0v) is 13.9. The van der Waals surface area contributed by atoms with E-state index in [4.69, 9.17) is 9.47 Å². The van der Waals surface area contributed by atoms with Gasteiger partial charge in [-0.25, -0.2) is 9.97 Å². The summed E-state index contributed by atoms with van der Waals surface area (Å²) in [5.41, 5.74) is 1.00. The third-order valence-corrected chi connectivity index (χ3v) is 3.87. The highest BCUT2D eigenvalue weighted by atomic mass is 79.9. The van der Waals surface area contributed by atoms with Crippen LogP contribution in [-0.2, 0) is 9.47 Å². The zero-order chi connectivity index (χ0) is 14.5. The van der Waals surface area contributed by atoms with Crippen LogP contribution in [0.5, 0.6) is 0 Å². The molecule has 1 aromatic heterocycles. The lowest BCUT2D eigenvalue weighted by Crippen LogP contribution is -2.24.